The molecule has 12 atom stereocenters. The summed E-state index contributed by atoms with van der Waals surface area (Å²) in [6, 6.07) is -0.830. The lowest BCUT2D eigenvalue weighted by Gasteiger charge is -2.46. The van der Waals surface area contributed by atoms with Crippen LogP contribution in [0.1, 0.15) is 200 Å². The molecule has 65 heavy (non-hydrogen) atoms. The van der Waals surface area contributed by atoms with Crippen LogP contribution in [0.4, 0.5) is 0 Å². The highest BCUT2D eigenvalue weighted by Crippen LogP contribution is 2.30. The maximum atomic E-state index is 13.2. The summed E-state index contributed by atoms with van der Waals surface area (Å²) in [5, 5.41) is 86.9. The Kier molecular flexibility index (Phi) is 35.1. The molecule has 2 aliphatic rings. The van der Waals surface area contributed by atoms with Crippen molar-refractivity contribution in [3.8, 4) is 0 Å². The van der Waals surface area contributed by atoms with Gasteiger partial charge in [0.25, 0.3) is 0 Å². The van der Waals surface area contributed by atoms with Gasteiger partial charge in [0.2, 0.25) is 5.91 Å². The molecule has 1 amide bonds. The summed E-state index contributed by atoms with van der Waals surface area (Å²) >= 11 is 0. The maximum absolute atomic E-state index is 13.2. The Hall–Kier alpha value is -1.53. The van der Waals surface area contributed by atoms with E-state index < -0.39 is 86.8 Å². The van der Waals surface area contributed by atoms with Crippen molar-refractivity contribution in [2.75, 3.05) is 19.8 Å². The summed E-state index contributed by atoms with van der Waals surface area (Å²) in [6.45, 7) is 2.82. The topological polar surface area (TPSA) is 228 Å². The van der Waals surface area contributed by atoms with Gasteiger partial charge in [-0.05, 0) is 44.9 Å². The molecule has 14 nitrogen and oxygen atoms in total. The first-order valence-corrected chi connectivity index (χ1v) is 26.1. The van der Waals surface area contributed by atoms with Gasteiger partial charge in [-0.3, -0.25) is 4.79 Å². The lowest BCUT2D eigenvalue weighted by Crippen LogP contribution is -2.65. The fraction of sp³-hybridized carbons (Fsp3) is 0.902. The fourth-order valence-corrected chi connectivity index (χ4v) is 8.62. The quantitative estimate of drug-likeness (QED) is 0.0225. The molecule has 0 aromatic carbocycles. The number of aliphatic hydroxyl groups is 8. The van der Waals surface area contributed by atoms with E-state index in [2.05, 4.69) is 43.5 Å². The molecule has 0 aliphatic carbocycles. The molecule has 382 valence electrons. The van der Waals surface area contributed by atoms with Crippen LogP contribution in [-0.2, 0) is 23.7 Å². The van der Waals surface area contributed by atoms with Crippen molar-refractivity contribution in [1.82, 2.24) is 5.32 Å². The van der Waals surface area contributed by atoms with Gasteiger partial charge in [-0.25, -0.2) is 0 Å². The average Bonchev–Trinajstić information content (AvgIpc) is 3.30. The molecule has 9 N–H and O–H groups in total. The largest absolute Gasteiger partial charge is 0.394 e. The number of unbranched alkanes of at least 4 members (excludes halogenated alkanes) is 23. The van der Waals surface area contributed by atoms with Gasteiger partial charge in [0, 0.05) is 6.42 Å². The maximum Gasteiger partial charge on any atom is 0.220 e. The molecule has 2 heterocycles. The Balaban J connectivity index is 1.83. The number of ether oxygens (including phenoxy) is 4. The molecule has 0 saturated carbocycles. The zero-order valence-corrected chi connectivity index (χ0v) is 40.5. The molecule has 2 rings (SSSR count). The van der Waals surface area contributed by atoms with Crippen molar-refractivity contribution < 1.29 is 64.6 Å². The molecule has 14 heteroatoms. The van der Waals surface area contributed by atoms with Crippen molar-refractivity contribution >= 4 is 5.91 Å². The zero-order valence-electron chi connectivity index (χ0n) is 40.5. The van der Waals surface area contributed by atoms with Crippen molar-refractivity contribution in [2.45, 2.75) is 274 Å². The minimum absolute atomic E-state index is 0.215. The number of rotatable bonds is 40. The Morgan fingerprint density at radius 3 is 1.57 bits per heavy atom. The molecule has 0 aromatic rings. The van der Waals surface area contributed by atoms with Gasteiger partial charge in [-0.15, -0.1) is 0 Å². The summed E-state index contributed by atoms with van der Waals surface area (Å²) in [5.74, 6) is -0.215. The van der Waals surface area contributed by atoms with E-state index in [1.807, 2.05) is 0 Å². The summed E-state index contributed by atoms with van der Waals surface area (Å²) in [6.07, 6.45) is 24.5. The summed E-state index contributed by atoms with van der Waals surface area (Å²) in [7, 11) is 0. The molecule has 0 radical (unpaired) electrons. The highest BCUT2D eigenvalue weighted by atomic mass is 16.7. The number of carbonyl (C=O) groups excluding carboxylic acids is 1. The highest BCUT2D eigenvalue weighted by Gasteiger charge is 2.51. The van der Waals surface area contributed by atoms with Gasteiger partial charge in [0.1, 0.15) is 48.8 Å². The molecular formula is C51H95NO13. The molecule has 12 unspecified atom stereocenters. The van der Waals surface area contributed by atoms with E-state index in [0.717, 1.165) is 57.8 Å². The van der Waals surface area contributed by atoms with Crippen molar-refractivity contribution in [3.63, 3.8) is 0 Å². The molecule has 2 saturated heterocycles. The third kappa shape index (κ3) is 25.6. The average molecular weight is 930 g/mol. The lowest BCUT2D eigenvalue weighted by molar-refractivity contribution is -0.359. The van der Waals surface area contributed by atoms with Crippen molar-refractivity contribution in [2.24, 2.45) is 0 Å². The van der Waals surface area contributed by atoms with Crippen LogP contribution < -0.4 is 5.32 Å². The SMILES string of the molecule is CCCCC/C=C\C/C=C\CCCCCCCCCC(=O)NC(COC1OC(CO)C(OC2OC(CO)C(O)C(O)C2O)C(O)C1O)C(O)CCCCCCCCCCCCCCCC. The fourth-order valence-electron chi connectivity index (χ4n) is 8.62. The monoisotopic (exact) mass is 930 g/mol. The predicted octanol–water partition coefficient (Wildman–Crippen LogP) is 6.94. The van der Waals surface area contributed by atoms with Crippen molar-refractivity contribution in [1.29, 1.82) is 0 Å². The first-order chi connectivity index (χ1) is 31.6. The van der Waals surface area contributed by atoms with E-state index >= 15 is 0 Å². The Labute approximate surface area is 392 Å². The van der Waals surface area contributed by atoms with E-state index in [4.69, 9.17) is 18.9 Å². The van der Waals surface area contributed by atoms with Gasteiger partial charge in [-0.1, -0.05) is 173 Å². The Bertz CT molecular complexity index is 1190. The summed E-state index contributed by atoms with van der Waals surface area (Å²) in [4.78, 5) is 13.2. The van der Waals surface area contributed by atoms with Crippen LogP contribution in [0.15, 0.2) is 24.3 Å². The van der Waals surface area contributed by atoms with Gasteiger partial charge >= 0.3 is 0 Å². The molecular weight excluding hydrogens is 835 g/mol. The third-order valence-electron chi connectivity index (χ3n) is 12.9. The lowest BCUT2D eigenvalue weighted by atomic mass is 9.97. The third-order valence-corrected chi connectivity index (χ3v) is 12.9. The first-order valence-electron chi connectivity index (χ1n) is 26.1. The highest BCUT2D eigenvalue weighted by molar-refractivity contribution is 5.76. The number of nitrogens with one attached hydrogen (secondary N) is 1. The van der Waals surface area contributed by atoms with Crippen LogP contribution in [0, 0.1) is 0 Å². The minimum Gasteiger partial charge on any atom is -0.394 e. The second kappa shape index (κ2) is 38.3. The van der Waals surface area contributed by atoms with Gasteiger partial charge in [0.15, 0.2) is 12.6 Å². The molecule has 2 aliphatic heterocycles. The number of amides is 1. The standard InChI is InChI=1S/C51H95NO13/c1-3-5-7-9-11-13-15-17-19-20-21-23-25-27-29-31-33-35-43(56)52-39(40(55)34-32-30-28-26-24-22-18-16-14-12-10-8-6-4-2)38-62-50-48(61)46(59)49(42(37-54)64-50)65-51-47(60)45(58)44(57)41(36-53)63-51/h11,13,17,19,39-42,44-51,53-55,57-61H,3-10,12,14-16,18,20-38H2,1-2H3,(H,52,56)/b13-11-,19-17-. The molecule has 0 aromatic heterocycles. The number of aliphatic hydroxyl groups excluding tert-OH is 8. The Morgan fingerprint density at radius 2 is 1.02 bits per heavy atom. The number of carbonyl (C=O) groups is 1. The zero-order chi connectivity index (χ0) is 47.5. The van der Waals surface area contributed by atoms with E-state index in [0.29, 0.717) is 19.3 Å². The number of hydrogen-bond acceptors (Lipinski definition) is 13. The molecule has 2 fully saturated rings. The van der Waals surface area contributed by atoms with Crippen LogP contribution in [0.3, 0.4) is 0 Å². The van der Waals surface area contributed by atoms with E-state index in [9.17, 15) is 45.6 Å². The van der Waals surface area contributed by atoms with Crippen LogP contribution in [0.25, 0.3) is 0 Å². The smallest absolute Gasteiger partial charge is 0.220 e. The normalized spacial score (nSPS) is 27.2. The van der Waals surface area contributed by atoms with Crippen LogP contribution in [0.2, 0.25) is 0 Å². The van der Waals surface area contributed by atoms with Crippen LogP contribution in [-0.4, -0.2) is 140 Å². The van der Waals surface area contributed by atoms with Crippen LogP contribution in [0.5, 0.6) is 0 Å². The first kappa shape index (κ1) is 59.6. The van der Waals surface area contributed by atoms with Crippen molar-refractivity contribution in [3.05, 3.63) is 24.3 Å². The van der Waals surface area contributed by atoms with E-state index in [-0.39, 0.29) is 12.5 Å². The summed E-state index contributed by atoms with van der Waals surface area (Å²) < 4.78 is 22.8. The van der Waals surface area contributed by atoms with E-state index in [1.165, 1.54) is 109 Å². The number of allylic oxidation sites excluding steroid dienone is 4. The molecule has 0 bridgehead atoms. The van der Waals surface area contributed by atoms with Crippen LogP contribution >= 0.6 is 0 Å². The number of hydrogen-bond donors (Lipinski definition) is 9. The predicted molar refractivity (Wildman–Crippen MR) is 254 cm³/mol. The second-order valence-electron chi connectivity index (χ2n) is 18.7. The second-order valence-corrected chi connectivity index (χ2v) is 18.7. The van der Waals surface area contributed by atoms with Gasteiger partial charge in [0.05, 0.1) is 32.0 Å². The minimum atomic E-state index is -1.78. The van der Waals surface area contributed by atoms with Gasteiger partial charge in [-0.2, -0.15) is 0 Å². The molecule has 0 spiro atoms. The Morgan fingerprint density at radius 1 is 0.554 bits per heavy atom. The van der Waals surface area contributed by atoms with Gasteiger partial charge < -0.3 is 65.1 Å². The van der Waals surface area contributed by atoms with E-state index in [1.54, 1.807) is 0 Å². The summed E-state index contributed by atoms with van der Waals surface area (Å²) in [5.41, 5.74) is 0.